The van der Waals surface area contributed by atoms with Gasteiger partial charge in [-0.25, -0.2) is 4.57 Å². The Kier molecular flexibility index (Phi) is 66.5. The van der Waals surface area contributed by atoms with E-state index >= 15 is 0 Å². The van der Waals surface area contributed by atoms with E-state index in [-0.39, 0.29) is 38.6 Å². The van der Waals surface area contributed by atoms with E-state index in [0.29, 0.717) is 6.42 Å². The molecule has 0 heterocycles. The zero-order chi connectivity index (χ0) is 60.1. The lowest BCUT2D eigenvalue weighted by Crippen LogP contribution is -2.29. The summed E-state index contributed by atoms with van der Waals surface area (Å²) in [7, 11) is -4.40. The lowest BCUT2D eigenvalue weighted by Gasteiger charge is -2.19. The number of carbonyl (C=O) groups is 2. The molecule has 0 saturated carbocycles. The highest BCUT2D eigenvalue weighted by Gasteiger charge is 2.26. The van der Waals surface area contributed by atoms with E-state index in [9.17, 15) is 19.0 Å². The van der Waals surface area contributed by atoms with Gasteiger partial charge in [0.1, 0.15) is 6.61 Å². The molecule has 0 fully saturated rings. The van der Waals surface area contributed by atoms with Crippen LogP contribution in [-0.4, -0.2) is 49.3 Å². The number of rotatable bonds is 67. The first-order valence-corrected chi connectivity index (χ1v) is 36.9. The van der Waals surface area contributed by atoms with E-state index in [0.717, 1.165) is 77.0 Å². The number of phosphoric acid groups is 1. The summed E-state index contributed by atoms with van der Waals surface area (Å²) < 4.78 is 33.2. The van der Waals surface area contributed by atoms with Crippen LogP contribution in [0.1, 0.15) is 348 Å². The Balaban J connectivity index is 3.83. The predicted octanol–water partition coefficient (Wildman–Crippen LogP) is 23.2. The molecular formula is C73H134NO8P. The van der Waals surface area contributed by atoms with Crippen LogP contribution in [0.4, 0.5) is 0 Å². The Bertz CT molecular complexity index is 1590. The lowest BCUT2D eigenvalue weighted by atomic mass is 10.0. The standard InChI is InChI=1S/C73H134NO8P/c1-3-5-7-9-11-13-15-17-19-21-23-25-27-29-31-32-33-34-35-36-37-38-40-41-43-45-47-49-51-53-55-57-59-61-63-65-72(75)79-69-71(70-81-83(77,78)80-68-67-74)82-73(76)66-64-62-60-58-56-54-52-50-48-46-44-42-39-30-28-26-24-22-20-18-16-14-12-10-8-6-4-2/h6,8,12,14,18,20-21,23-24,26,30,39,71H,3-5,7,9-11,13,15-17,19,22,25,27-29,31-38,40-70,74H2,1-2H3,(H,77,78)/b8-6-,14-12-,20-18-,23-21-,26-24-,39-30-. The summed E-state index contributed by atoms with van der Waals surface area (Å²) >= 11 is 0. The Labute approximate surface area is 513 Å². The highest BCUT2D eigenvalue weighted by Crippen LogP contribution is 2.43. The van der Waals surface area contributed by atoms with Crippen molar-refractivity contribution in [1.82, 2.24) is 0 Å². The molecule has 0 aliphatic carbocycles. The van der Waals surface area contributed by atoms with E-state index in [4.69, 9.17) is 24.3 Å². The average molecular weight is 1180 g/mol. The molecule has 0 aromatic carbocycles. The number of phosphoric ester groups is 1. The van der Waals surface area contributed by atoms with Crippen LogP contribution in [0, 0.1) is 0 Å². The molecular weight excluding hydrogens is 1050 g/mol. The van der Waals surface area contributed by atoms with Crippen molar-refractivity contribution in [1.29, 1.82) is 0 Å². The summed E-state index contributed by atoms with van der Waals surface area (Å²) in [6.07, 6.45) is 90.1. The topological polar surface area (TPSA) is 134 Å². The van der Waals surface area contributed by atoms with Gasteiger partial charge in [0.15, 0.2) is 6.10 Å². The minimum absolute atomic E-state index is 0.0520. The van der Waals surface area contributed by atoms with Gasteiger partial charge in [0.05, 0.1) is 13.2 Å². The lowest BCUT2D eigenvalue weighted by molar-refractivity contribution is -0.161. The highest BCUT2D eigenvalue weighted by atomic mass is 31.2. The molecule has 0 aliphatic heterocycles. The maximum atomic E-state index is 12.8. The first-order valence-electron chi connectivity index (χ1n) is 35.4. The van der Waals surface area contributed by atoms with Crippen molar-refractivity contribution in [3.8, 4) is 0 Å². The third-order valence-corrected chi connectivity index (χ3v) is 16.6. The molecule has 0 aromatic heterocycles. The number of carbonyl (C=O) groups excluding carboxylic acids is 2. The van der Waals surface area contributed by atoms with Crippen LogP contribution >= 0.6 is 7.82 Å². The molecule has 0 bridgehead atoms. The van der Waals surface area contributed by atoms with Crippen LogP contribution in [0.15, 0.2) is 72.9 Å². The molecule has 0 rings (SSSR count). The van der Waals surface area contributed by atoms with E-state index in [2.05, 4.69) is 86.8 Å². The van der Waals surface area contributed by atoms with Gasteiger partial charge in [-0.3, -0.25) is 18.6 Å². The summed E-state index contributed by atoms with van der Waals surface area (Å²) in [5.74, 6) is -0.818. The van der Waals surface area contributed by atoms with Crippen molar-refractivity contribution in [3.05, 3.63) is 72.9 Å². The number of hydrogen-bond donors (Lipinski definition) is 2. The maximum Gasteiger partial charge on any atom is 0.472 e. The summed E-state index contributed by atoms with van der Waals surface area (Å²) in [6, 6.07) is 0. The molecule has 2 unspecified atom stereocenters. The molecule has 10 heteroatoms. The third-order valence-electron chi connectivity index (χ3n) is 15.6. The Morgan fingerprint density at radius 2 is 0.663 bits per heavy atom. The fourth-order valence-electron chi connectivity index (χ4n) is 10.4. The quantitative estimate of drug-likeness (QED) is 0.0264. The number of hydrogen-bond acceptors (Lipinski definition) is 8. The van der Waals surface area contributed by atoms with Gasteiger partial charge in [-0.2, -0.15) is 0 Å². The predicted molar refractivity (Wildman–Crippen MR) is 358 cm³/mol. The van der Waals surface area contributed by atoms with Crippen LogP contribution in [0.2, 0.25) is 0 Å². The Morgan fingerprint density at radius 1 is 0.373 bits per heavy atom. The minimum atomic E-state index is -4.40. The first-order chi connectivity index (χ1) is 40.8. The second kappa shape index (κ2) is 68.6. The number of unbranched alkanes of at least 4 members (excludes halogenated alkanes) is 42. The van der Waals surface area contributed by atoms with Crippen LogP contribution in [0.3, 0.4) is 0 Å². The van der Waals surface area contributed by atoms with Gasteiger partial charge in [-0.05, 0) is 83.5 Å². The van der Waals surface area contributed by atoms with Crippen molar-refractivity contribution >= 4 is 19.8 Å². The van der Waals surface area contributed by atoms with Gasteiger partial charge in [-0.1, -0.05) is 324 Å². The van der Waals surface area contributed by atoms with Gasteiger partial charge in [-0.15, -0.1) is 0 Å². The molecule has 2 atom stereocenters. The fourth-order valence-corrected chi connectivity index (χ4v) is 11.1. The van der Waals surface area contributed by atoms with E-state index < -0.39 is 26.5 Å². The zero-order valence-electron chi connectivity index (χ0n) is 54.4. The van der Waals surface area contributed by atoms with Crippen LogP contribution in [0.5, 0.6) is 0 Å². The summed E-state index contributed by atoms with van der Waals surface area (Å²) in [5, 5.41) is 0. The van der Waals surface area contributed by atoms with Gasteiger partial charge < -0.3 is 20.1 Å². The zero-order valence-corrected chi connectivity index (χ0v) is 55.3. The second-order valence-corrected chi connectivity index (χ2v) is 25.2. The monoisotopic (exact) mass is 1180 g/mol. The molecule has 484 valence electrons. The number of nitrogens with two attached hydrogens (primary N) is 1. The van der Waals surface area contributed by atoms with Gasteiger partial charge in [0, 0.05) is 19.4 Å². The maximum absolute atomic E-state index is 12.8. The third kappa shape index (κ3) is 68.4. The number of ether oxygens (including phenoxy) is 2. The van der Waals surface area contributed by atoms with E-state index in [1.807, 2.05) is 0 Å². The molecule has 0 aliphatic rings. The smallest absolute Gasteiger partial charge is 0.462 e. The molecule has 0 amide bonds. The van der Waals surface area contributed by atoms with Crippen molar-refractivity contribution < 1.29 is 37.6 Å². The molecule has 9 nitrogen and oxygen atoms in total. The summed E-state index contributed by atoms with van der Waals surface area (Å²) in [4.78, 5) is 35.4. The SMILES string of the molecule is CC/C=C\C/C=C\C/C=C\C/C=C\C/C=C\CCCCCCCCCCCCCC(=O)OC(COC(=O)CCCCCCCCCCCCCCCCCCCCCCCCC/C=C\CCCCCCCCCC)COP(=O)(O)OCCN. The molecule has 3 N–H and O–H groups in total. The molecule has 0 aromatic rings. The largest absolute Gasteiger partial charge is 0.472 e. The molecule has 0 saturated heterocycles. The highest BCUT2D eigenvalue weighted by molar-refractivity contribution is 7.47. The van der Waals surface area contributed by atoms with Crippen molar-refractivity contribution in [2.75, 3.05) is 26.4 Å². The van der Waals surface area contributed by atoms with Gasteiger partial charge >= 0.3 is 19.8 Å². The molecule has 0 spiro atoms. The fraction of sp³-hybridized carbons (Fsp3) is 0.808. The normalized spacial score (nSPS) is 13.3. The van der Waals surface area contributed by atoms with E-state index in [1.54, 1.807) is 0 Å². The second-order valence-electron chi connectivity index (χ2n) is 23.7. The van der Waals surface area contributed by atoms with Gasteiger partial charge in [0.25, 0.3) is 0 Å². The van der Waals surface area contributed by atoms with Crippen molar-refractivity contribution in [2.45, 2.75) is 354 Å². The Morgan fingerprint density at radius 3 is 1.00 bits per heavy atom. The van der Waals surface area contributed by atoms with Crippen molar-refractivity contribution in [2.24, 2.45) is 5.73 Å². The van der Waals surface area contributed by atoms with Crippen molar-refractivity contribution in [3.63, 3.8) is 0 Å². The number of allylic oxidation sites excluding steroid dienone is 12. The van der Waals surface area contributed by atoms with Crippen LogP contribution in [0.25, 0.3) is 0 Å². The number of esters is 2. The molecule has 83 heavy (non-hydrogen) atoms. The summed E-state index contributed by atoms with van der Waals surface area (Å²) in [5.41, 5.74) is 5.40. The summed E-state index contributed by atoms with van der Waals surface area (Å²) in [6.45, 7) is 3.68. The van der Waals surface area contributed by atoms with E-state index in [1.165, 1.54) is 238 Å². The Hall–Kier alpha value is -2.55. The average Bonchev–Trinajstić information content (AvgIpc) is 3.48. The minimum Gasteiger partial charge on any atom is -0.462 e. The van der Waals surface area contributed by atoms with Crippen LogP contribution in [-0.2, 0) is 32.7 Å². The van der Waals surface area contributed by atoms with Crippen LogP contribution < -0.4 is 5.73 Å². The molecule has 0 radical (unpaired) electrons. The first kappa shape index (κ1) is 80.5. The van der Waals surface area contributed by atoms with Gasteiger partial charge in [0.2, 0.25) is 0 Å².